The maximum atomic E-state index is 6.39. The van der Waals surface area contributed by atoms with Crippen LogP contribution in [-0.2, 0) is 0 Å². The van der Waals surface area contributed by atoms with Crippen LogP contribution in [0.5, 0.6) is 5.75 Å². The van der Waals surface area contributed by atoms with Crippen LogP contribution in [0.4, 0.5) is 0 Å². The number of hydrogen-bond donors (Lipinski definition) is 1. The molecule has 0 spiro atoms. The van der Waals surface area contributed by atoms with Crippen LogP contribution in [0.3, 0.4) is 0 Å². The molecular weight excluding hydrogens is 338 g/mol. The van der Waals surface area contributed by atoms with Crippen LogP contribution in [0, 0.1) is 6.92 Å². The predicted octanol–water partition coefficient (Wildman–Crippen LogP) is 4.73. The van der Waals surface area contributed by atoms with Crippen molar-refractivity contribution in [2.24, 2.45) is 0 Å². The summed E-state index contributed by atoms with van der Waals surface area (Å²) in [6.45, 7) is 2.10. The molecular formula is C16H17BrClNO. The molecule has 0 aliphatic heterocycles. The summed E-state index contributed by atoms with van der Waals surface area (Å²) in [5.41, 5.74) is 3.45. The number of hydrogen-bond acceptors (Lipinski definition) is 2. The Morgan fingerprint density at radius 2 is 1.95 bits per heavy atom. The minimum absolute atomic E-state index is 0.0471. The number of benzene rings is 2. The topological polar surface area (TPSA) is 21.3 Å². The summed E-state index contributed by atoms with van der Waals surface area (Å²) in [6, 6.07) is 12.0. The molecule has 0 fully saturated rings. The van der Waals surface area contributed by atoms with Crippen LogP contribution in [0.25, 0.3) is 0 Å². The standard InChI is InChI=1S/C16H17BrClNO/c1-10-12(5-4-6-14(10)17)16(19-2)13-8-7-11(20-3)9-15(13)18/h4-9,16,19H,1-3H3. The summed E-state index contributed by atoms with van der Waals surface area (Å²) in [7, 11) is 3.57. The molecule has 20 heavy (non-hydrogen) atoms. The molecule has 0 radical (unpaired) electrons. The molecule has 4 heteroatoms. The van der Waals surface area contributed by atoms with Gasteiger partial charge in [0.2, 0.25) is 0 Å². The third-order valence-corrected chi connectivity index (χ3v) is 4.61. The van der Waals surface area contributed by atoms with E-state index in [4.69, 9.17) is 16.3 Å². The Balaban J connectivity index is 2.50. The summed E-state index contributed by atoms with van der Waals surface area (Å²) in [6.07, 6.45) is 0. The highest BCUT2D eigenvalue weighted by Crippen LogP contribution is 2.34. The minimum Gasteiger partial charge on any atom is -0.497 e. The van der Waals surface area contributed by atoms with E-state index in [0.717, 1.165) is 15.8 Å². The fourth-order valence-electron chi connectivity index (χ4n) is 2.28. The highest BCUT2D eigenvalue weighted by molar-refractivity contribution is 9.10. The van der Waals surface area contributed by atoms with E-state index in [0.29, 0.717) is 5.02 Å². The maximum absolute atomic E-state index is 6.39. The second-order valence-corrected chi connectivity index (χ2v) is 5.82. The summed E-state index contributed by atoms with van der Waals surface area (Å²) in [5.74, 6) is 0.763. The molecule has 2 rings (SSSR count). The Bertz CT molecular complexity index is 615. The lowest BCUT2D eigenvalue weighted by Crippen LogP contribution is -2.19. The van der Waals surface area contributed by atoms with E-state index in [1.165, 1.54) is 11.1 Å². The lowest BCUT2D eigenvalue weighted by atomic mass is 9.95. The van der Waals surface area contributed by atoms with Gasteiger partial charge in [-0.25, -0.2) is 0 Å². The highest BCUT2D eigenvalue weighted by Gasteiger charge is 2.18. The number of ether oxygens (including phenoxy) is 1. The summed E-state index contributed by atoms with van der Waals surface area (Å²) in [5, 5.41) is 4.03. The first kappa shape index (κ1) is 15.4. The summed E-state index contributed by atoms with van der Waals surface area (Å²) in [4.78, 5) is 0. The molecule has 0 aliphatic carbocycles. The van der Waals surface area contributed by atoms with Crippen molar-refractivity contribution in [2.45, 2.75) is 13.0 Å². The maximum Gasteiger partial charge on any atom is 0.120 e. The van der Waals surface area contributed by atoms with Gasteiger partial charge in [-0.3, -0.25) is 0 Å². The van der Waals surface area contributed by atoms with Gasteiger partial charge in [0.25, 0.3) is 0 Å². The zero-order chi connectivity index (χ0) is 14.7. The third-order valence-electron chi connectivity index (χ3n) is 3.43. The van der Waals surface area contributed by atoms with Crippen LogP contribution in [0.1, 0.15) is 22.7 Å². The highest BCUT2D eigenvalue weighted by atomic mass is 79.9. The van der Waals surface area contributed by atoms with Crippen LogP contribution in [0.2, 0.25) is 5.02 Å². The number of nitrogens with one attached hydrogen (secondary N) is 1. The molecule has 0 aliphatic rings. The summed E-state index contributed by atoms with van der Waals surface area (Å²) < 4.78 is 6.30. The van der Waals surface area contributed by atoms with Gasteiger partial charge < -0.3 is 10.1 Å². The summed E-state index contributed by atoms with van der Waals surface area (Å²) >= 11 is 9.97. The number of halogens is 2. The van der Waals surface area contributed by atoms with E-state index < -0.39 is 0 Å². The van der Waals surface area contributed by atoms with Gasteiger partial charge in [-0.15, -0.1) is 0 Å². The lowest BCUT2D eigenvalue weighted by molar-refractivity contribution is 0.414. The van der Waals surface area contributed by atoms with E-state index in [-0.39, 0.29) is 6.04 Å². The molecule has 1 N–H and O–H groups in total. The van der Waals surface area contributed by atoms with Crippen molar-refractivity contribution >= 4 is 27.5 Å². The first-order valence-corrected chi connectivity index (χ1v) is 7.51. The van der Waals surface area contributed by atoms with E-state index in [1.54, 1.807) is 7.11 Å². The fourth-order valence-corrected chi connectivity index (χ4v) is 2.95. The first-order chi connectivity index (χ1) is 9.58. The van der Waals surface area contributed by atoms with Gasteiger partial charge in [0.05, 0.1) is 13.2 Å². The zero-order valence-corrected chi connectivity index (χ0v) is 14.0. The molecule has 1 unspecified atom stereocenters. The second kappa shape index (κ2) is 6.61. The fraction of sp³-hybridized carbons (Fsp3) is 0.250. The molecule has 0 bridgehead atoms. The monoisotopic (exact) mass is 353 g/mol. The Hall–Kier alpha value is -1.03. The molecule has 0 saturated heterocycles. The van der Waals surface area contributed by atoms with Crippen molar-refractivity contribution in [1.29, 1.82) is 0 Å². The largest absolute Gasteiger partial charge is 0.497 e. The van der Waals surface area contributed by atoms with Crippen molar-refractivity contribution in [2.75, 3.05) is 14.2 Å². The Morgan fingerprint density at radius 1 is 1.20 bits per heavy atom. The number of rotatable bonds is 4. The van der Waals surface area contributed by atoms with Crippen molar-refractivity contribution in [3.63, 3.8) is 0 Å². The Morgan fingerprint density at radius 3 is 2.55 bits per heavy atom. The van der Waals surface area contributed by atoms with Gasteiger partial charge in [0.15, 0.2) is 0 Å². The molecule has 0 aromatic heterocycles. The Kier molecular flexibility index (Phi) is 5.08. The molecule has 106 valence electrons. The molecule has 1 atom stereocenters. The zero-order valence-electron chi connectivity index (χ0n) is 11.7. The average molecular weight is 355 g/mol. The van der Waals surface area contributed by atoms with Gasteiger partial charge in [-0.05, 0) is 48.9 Å². The van der Waals surface area contributed by atoms with Gasteiger partial charge in [0.1, 0.15) is 5.75 Å². The third kappa shape index (κ3) is 3.00. The van der Waals surface area contributed by atoms with Crippen molar-refractivity contribution in [1.82, 2.24) is 5.32 Å². The van der Waals surface area contributed by atoms with Gasteiger partial charge in [-0.2, -0.15) is 0 Å². The SMILES string of the molecule is CNC(c1ccc(OC)cc1Cl)c1cccc(Br)c1C. The first-order valence-electron chi connectivity index (χ1n) is 6.34. The molecule has 0 saturated carbocycles. The minimum atomic E-state index is 0.0471. The van der Waals surface area contributed by atoms with Crippen LogP contribution < -0.4 is 10.1 Å². The van der Waals surface area contributed by atoms with Gasteiger partial charge >= 0.3 is 0 Å². The van der Waals surface area contributed by atoms with Crippen molar-refractivity contribution in [3.05, 3.63) is 62.6 Å². The van der Waals surface area contributed by atoms with Crippen LogP contribution in [0.15, 0.2) is 40.9 Å². The molecule has 0 amide bonds. The van der Waals surface area contributed by atoms with E-state index >= 15 is 0 Å². The van der Waals surface area contributed by atoms with Gasteiger partial charge in [-0.1, -0.05) is 45.7 Å². The smallest absolute Gasteiger partial charge is 0.120 e. The quantitative estimate of drug-likeness (QED) is 0.857. The molecule has 2 nitrogen and oxygen atoms in total. The average Bonchev–Trinajstić information content (AvgIpc) is 2.45. The van der Waals surface area contributed by atoms with Crippen molar-refractivity contribution < 1.29 is 4.74 Å². The Labute approximate surface area is 133 Å². The predicted molar refractivity (Wildman–Crippen MR) is 87.8 cm³/mol. The van der Waals surface area contributed by atoms with E-state index in [1.807, 2.05) is 37.4 Å². The van der Waals surface area contributed by atoms with Crippen LogP contribution >= 0.6 is 27.5 Å². The molecule has 2 aromatic rings. The van der Waals surface area contributed by atoms with Gasteiger partial charge in [0, 0.05) is 9.50 Å². The molecule has 2 aromatic carbocycles. The van der Waals surface area contributed by atoms with Crippen LogP contribution in [-0.4, -0.2) is 14.2 Å². The normalized spacial score (nSPS) is 12.2. The lowest BCUT2D eigenvalue weighted by Gasteiger charge is -2.21. The second-order valence-electron chi connectivity index (χ2n) is 4.56. The van der Waals surface area contributed by atoms with Crippen molar-refractivity contribution in [3.8, 4) is 5.75 Å². The van der Waals surface area contributed by atoms with E-state index in [9.17, 15) is 0 Å². The molecule has 0 heterocycles. The van der Waals surface area contributed by atoms with E-state index in [2.05, 4.69) is 34.2 Å². The number of methoxy groups -OCH3 is 1.